The number of aromatic nitrogens is 2. The van der Waals surface area contributed by atoms with E-state index >= 15 is 0 Å². The summed E-state index contributed by atoms with van der Waals surface area (Å²) in [5.74, 6) is 0.596. The normalized spacial score (nSPS) is 13.7. The van der Waals surface area contributed by atoms with E-state index < -0.39 is 5.54 Å². The van der Waals surface area contributed by atoms with Crippen molar-refractivity contribution in [1.82, 2.24) is 15.5 Å². The molecule has 0 fully saturated rings. The number of nitrogens with one attached hydrogen (secondary N) is 1. The Bertz CT molecular complexity index is 576. The van der Waals surface area contributed by atoms with Gasteiger partial charge in [0.15, 0.2) is 4.34 Å². The minimum atomic E-state index is -0.703. The van der Waals surface area contributed by atoms with Gasteiger partial charge in [0.05, 0.1) is 6.07 Å². The summed E-state index contributed by atoms with van der Waals surface area (Å²) in [7, 11) is 1.81. The Morgan fingerprint density at radius 2 is 2.11 bits per heavy atom. The summed E-state index contributed by atoms with van der Waals surface area (Å²) in [5.41, 5.74) is 0.264. The highest BCUT2D eigenvalue weighted by Gasteiger charge is 2.30. The van der Waals surface area contributed by atoms with E-state index in [1.807, 2.05) is 44.3 Å². The quantitative estimate of drug-likeness (QED) is 0.858. The lowest BCUT2D eigenvalue weighted by Gasteiger charge is -2.25. The molecule has 6 heteroatoms. The fourth-order valence-electron chi connectivity index (χ4n) is 1.68. The molecule has 0 spiro atoms. The standard InChI is InChI=1S/C13H14N4S2/c1-10-16-17-12(19-10)18-9-13(8-14,15-2)11-6-4-3-5-7-11/h3-7,15H,9H2,1-2H3. The van der Waals surface area contributed by atoms with Crippen molar-refractivity contribution in [3.05, 3.63) is 40.9 Å². The molecule has 2 rings (SSSR count). The molecule has 0 bridgehead atoms. The van der Waals surface area contributed by atoms with Crippen molar-refractivity contribution in [3.63, 3.8) is 0 Å². The van der Waals surface area contributed by atoms with Gasteiger partial charge >= 0.3 is 0 Å². The second kappa shape index (κ2) is 6.15. The molecule has 1 heterocycles. The van der Waals surface area contributed by atoms with Crippen LogP contribution in [0.25, 0.3) is 0 Å². The Balaban J connectivity index is 2.19. The van der Waals surface area contributed by atoms with Crippen molar-refractivity contribution in [2.24, 2.45) is 0 Å². The third-order valence-corrected chi connectivity index (χ3v) is 4.95. The molecule has 0 radical (unpaired) electrons. The van der Waals surface area contributed by atoms with Gasteiger partial charge in [0.25, 0.3) is 0 Å². The lowest BCUT2D eigenvalue weighted by atomic mass is 9.94. The summed E-state index contributed by atoms with van der Waals surface area (Å²) in [6, 6.07) is 12.1. The zero-order chi connectivity index (χ0) is 13.7. The van der Waals surface area contributed by atoms with Crippen molar-refractivity contribution in [3.8, 4) is 6.07 Å². The van der Waals surface area contributed by atoms with Crippen molar-refractivity contribution in [2.75, 3.05) is 12.8 Å². The molecule has 98 valence electrons. The average molecular weight is 290 g/mol. The summed E-state index contributed by atoms with van der Waals surface area (Å²) in [4.78, 5) is 0. The number of benzene rings is 1. The number of hydrogen-bond acceptors (Lipinski definition) is 6. The highest BCUT2D eigenvalue weighted by molar-refractivity contribution is 8.01. The molecule has 1 aromatic carbocycles. The first kappa shape index (κ1) is 14.0. The summed E-state index contributed by atoms with van der Waals surface area (Å²) in [5, 5.41) is 21.7. The van der Waals surface area contributed by atoms with Crippen LogP contribution in [0.4, 0.5) is 0 Å². The smallest absolute Gasteiger partial charge is 0.174 e. The van der Waals surface area contributed by atoms with Crippen molar-refractivity contribution < 1.29 is 0 Å². The molecule has 4 nitrogen and oxygen atoms in total. The Kier molecular flexibility index (Phi) is 4.53. The van der Waals surface area contributed by atoms with E-state index in [1.165, 1.54) is 0 Å². The van der Waals surface area contributed by atoms with Crippen LogP contribution in [0.2, 0.25) is 0 Å². The molecule has 0 amide bonds. The fraction of sp³-hybridized carbons (Fsp3) is 0.308. The van der Waals surface area contributed by atoms with Crippen molar-refractivity contribution in [1.29, 1.82) is 5.26 Å². The fourth-order valence-corrected chi connectivity index (χ4v) is 3.69. The number of thioether (sulfide) groups is 1. The molecule has 1 N–H and O–H groups in total. The molecule has 0 aliphatic heterocycles. The predicted octanol–water partition coefficient (Wildman–Crippen LogP) is 2.58. The molecule has 0 saturated carbocycles. The van der Waals surface area contributed by atoms with E-state index in [2.05, 4.69) is 21.6 Å². The maximum atomic E-state index is 9.55. The van der Waals surface area contributed by atoms with Crippen molar-refractivity contribution >= 4 is 23.1 Å². The van der Waals surface area contributed by atoms with Crippen LogP contribution >= 0.6 is 23.1 Å². The minimum Gasteiger partial charge on any atom is -0.298 e. The lowest BCUT2D eigenvalue weighted by molar-refractivity contribution is 0.528. The first-order valence-electron chi connectivity index (χ1n) is 5.79. The van der Waals surface area contributed by atoms with Gasteiger partial charge in [-0.15, -0.1) is 10.2 Å². The van der Waals surface area contributed by atoms with Crippen LogP contribution in [0.15, 0.2) is 34.7 Å². The second-order valence-corrected chi connectivity index (χ2v) is 6.41. The summed E-state index contributed by atoms with van der Waals surface area (Å²) in [6.45, 7) is 1.93. The SMILES string of the molecule is CNC(C#N)(CSc1nnc(C)s1)c1ccccc1. The topological polar surface area (TPSA) is 61.6 Å². The van der Waals surface area contributed by atoms with Crippen molar-refractivity contribution in [2.45, 2.75) is 16.8 Å². The van der Waals surface area contributed by atoms with Crippen LogP contribution < -0.4 is 5.32 Å². The minimum absolute atomic E-state index is 0.596. The van der Waals surface area contributed by atoms with Gasteiger partial charge in [0.1, 0.15) is 10.5 Å². The van der Waals surface area contributed by atoms with Crippen LogP contribution in [0, 0.1) is 18.3 Å². The van der Waals surface area contributed by atoms with E-state index in [-0.39, 0.29) is 0 Å². The Morgan fingerprint density at radius 3 is 2.63 bits per heavy atom. The zero-order valence-corrected chi connectivity index (χ0v) is 12.4. The number of nitriles is 1. The van der Waals surface area contributed by atoms with Crippen LogP contribution in [0.5, 0.6) is 0 Å². The lowest BCUT2D eigenvalue weighted by Crippen LogP contribution is -2.41. The molecule has 1 aromatic heterocycles. The van der Waals surface area contributed by atoms with Crippen LogP contribution in [-0.2, 0) is 5.54 Å². The molecular formula is C13H14N4S2. The van der Waals surface area contributed by atoms with Gasteiger partial charge in [-0.25, -0.2) is 0 Å². The molecule has 1 atom stereocenters. The molecule has 0 aliphatic carbocycles. The number of hydrogen-bond donors (Lipinski definition) is 1. The number of rotatable bonds is 5. The highest BCUT2D eigenvalue weighted by atomic mass is 32.2. The van der Waals surface area contributed by atoms with Crippen LogP contribution in [0.3, 0.4) is 0 Å². The molecular weight excluding hydrogens is 276 g/mol. The molecule has 0 saturated heterocycles. The van der Waals surface area contributed by atoms with Gasteiger partial charge in [-0.2, -0.15) is 5.26 Å². The molecule has 0 aliphatic rings. The van der Waals surface area contributed by atoms with Crippen LogP contribution in [0.1, 0.15) is 10.6 Å². The van der Waals surface area contributed by atoms with Gasteiger partial charge in [0, 0.05) is 5.75 Å². The summed E-state index contributed by atoms with van der Waals surface area (Å²) < 4.78 is 0.892. The summed E-state index contributed by atoms with van der Waals surface area (Å²) >= 11 is 3.10. The van der Waals surface area contributed by atoms with Gasteiger partial charge in [-0.1, -0.05) is 53.4 Å². The Labute approximate surface area is 120 Å². The largest absolute Gasteiger partial charge is 0.298 e. The third-order valence-electron chi connectivity index (χ3n) is 2.80. The summed E-state index contributed by atoms with van der Waals surface area (Å²) in [6.07, 6.45) is 0. The van der Waals surface area contributed by atoms with Gasteiger partial charge in [-0.3, -0.25) is 5.32 Å². The van der Waals surface area contributed by atoms with E-state index in [9.17, 15) is 5.26 Å². The van der Waals surface area contributed by atoms with E-state index in [4.69, 9.17) is 0 Å². The maximum Gasteiger partial charge on any atom is 0.174 e. The average Bonchev–Trinajstić information content (AvgIpc) is 2.88. The van der Waals surface area contributed by atoms with Gasteiger partial charge in [-0.05, 0) is 19.5 Å². The number of nitrogens with zero attached hydrogens (tertiary/aromatic N) is 3. The van der Waals surface area contributed by atoms with E-state index in [0.29, 0.717) is 5.75 Å². The third kappa shape index (κ3) is 3.13. The van der Waals surface area contributed by atoms with Gasteiger partial charge < -0.3 is 0 Å². The van der Waals surface area contributed by atoms with E-state index in [1.54, 1.807) is 23.1 Å². The molecule has 1 unspecified atom stereocenters. The van der Waals surface area contributed by atoms with E-state index in [0.717, 1.165) is 14.9 Å². The Hall–Kier alpha value is -1.42. The first-order chi connectivity index (χ1) is 9.20. The second-order valence-electron chi connectivity index (χ2n) is 4.01. The van der Waals surface area contributed by atoms with Gasteiger partial charge in [0.2, 0.25) is 0 Å². The monoisotopic (exact) mass is 290 g/mol. The molecule has 19 heavy (non-hydrogen) atoms. The van der Waals surface area contributed by atoms with Crippen LogP contribution in [-0.4, -0.2) is 23.0 Å². The number of aryl methyl sites for hydroxylation is 1. The zero-order valence-electron chi connectivity index (χ0n) is 10.8. The highest BCUT2D eigenvalue weighted by Crippen LogP contribution is 2.30. The Morgan fingerprint density at radius 1 is 1.37 bits per heavy atom. The maximum absolute atomic E-state index is 9.55. The first-order valence-corrected chi connectivity index (χ1v) is 7.59. The predicted molar refractivity (Wildman–Crippen MR) is 78.2 cm³/mol. The molecule has 2 aromatic rings.